The minimum Gasteiger partial charge on any atom is -0.466 e. The summed E-state index contributed by atoms with van der Waals surface area (Å²) in [7, 11) is 0. The molecule has 0 bridgehead atoms. The van der Waals surface area contributed by atoms with Crippen molar-refractivity contribution in [1.29, 1.82) is 0 Å². The molecule has 0 rings (SSSR count). The summed E-state index contributed by atoms with van der Waals surface area (Å²) in [6.07, 6.45) is 6.48. The Balaban J connectivity index is 0. The molecule has 1 N–H and O–H groups in total. The van der Waals surface area contributed by atoms with Gasteiger partial charge in [-0.15, -0.1) is 23.2 Å². The standard InChI is InChI=1S/C10H20Cl2O.C4H8O2/c1-9(6-4-8-13)5-2-3-7-10(11)12;1-3-6-4(2)5/h9-10,13H,2-8H2,1H3;3H2,1-2H3. The molecule has 0 aliphatic heterocycles. The first kappa shape index (κ1) is 21.3. The lowest BCUT2D eigenvalue weighted by Gasteiger charge is -2.09. The molecule has 116 valence electrons. The maximum atomic E-state index is 9.82. The Morgan fingerprint density at radius 2 is 1.68 bits per heavy atom. The molecular formula is C14H28Cl2O3. The van der Waals surface area contributed by atoms with Crippen molar-refractivity contribution in [1.82, 2.24) is 0 Å². The van der Waals surface area contributed by atoms with E-state index in [0.717, 1.165) is 31.6 Å². The highest BCUT2D eigenvalue weighted by molar-refractivity contribution is 6.44. The molecule has 5 heteroatoms. The zero-order chi connectivity index (χ0) is 15.1. The van der Waals surface area contributed by atoms with Crippen LogP contribution in [0, 0.1) is 5.92 Å². The average Bonchev–Trinajstić information content (AvgIpc) is 2.32. The number of carbonyl (C=O) groups excluding carboxylic acids is 1. The molecule has 1 atom stereocenters. The second kappa shape index (κ2) is 16.1. The number of aliphatic hydroxyl groups is 1. The lowest BCUT2D eigenvalue weighted by molar-refractivity contribution is -0.140. The van der Waals surface area contributed by atoms with Crippen LogP contribution in [-0.2, 0) is 9.53 Å². The van der Waals surface area contributed by atoms with Crippen molar-refractivity contribution < 1.29 is 14.6 Å². The van der Waals surface area contributed by atoms with Gasteiger partial charge in [0.25, 0.3) is 0 Å². The highest BCUT2D eigenvalue weighted by atomic mass is 35.5. The van der Waals surface area contributed by atoms with Crippen molar-refractivity contribution in [2.24, 2.45) is 5.92 Å². The normalized spacial score (nSPS) is 11.7. The fraction of sp³-hybridized carbons (Fsp3) is 0.929. The van der Waals surface area contributed by atoms with Crippen LogP contribution in [0.15, 0.2) is 0 Å². The average molecular weight is 315 g/mol. The van der Waals surface area contributed by atoms with E-state index in [1.807, 2.05) is 0 Å². The summed E-state index contributed by atoms with van der Waals surface area (Å²) in [4.78, 5) is 9.62. The van der Waals surface area contributed by atoms with Gasteiger partial charge in [0.2, 0.25) is 0 Å². The summed E-state index contributed by atoms with van der Waals surface area (Å²) in [5.74, 6) is 0.508. The number of carbonyl (C=O) groups is 1. The third kappa shape index (κ3) is 23.5. The van der Waals surface area contributed by atoms with Crippen LogP contribution in [0.25, 0.3) is 0 Å². The molecule has 19 heavy (non-hydrogen) atoms. The van der Waals surface area contributed by atoms with Crippen LogP contribution in [0.1, 0.15) is 59.3 Å². The zero-order valence-corrected chi connectivity index (χ0v) is 13.8. The van der Waals surface area contributed by atoms with Crippen molar-refractivity contribution in [3.05, 3.63) is 0 Å². The first-order valence-corrected chi connectivity index (χ1v) is 7.83. The first-order chi connectivity index (χ1) is 8.93. The Morgan fingerprint density at radius 3 is 2.05 bits per heavy atom. The summed E-state index contributed by atoms with van der Waals surface area (Å²) in [6, 6.07) is 0. The lowest BCUT2D eigenvalue weighted by Crippen LogP contribution is -1.97. The minimum atomic E-state index is -0.211. The van der Waals surface area contributed by atoms with E-state index in [2.05, 4.69) is 11.7 Å². The van der Waals surface area contributed by atoms with E-state index in [1.165, 1.54) is 19.8 Å². The van der Waals surface area contributed by atoms with Gasteiger partial charge in [-0.05, 0) is 32.1 Å². The minimum absolute atomic E-state index is 0.201. The van der Waals surface area contributed by atoms with Gasteiger partial charge in [-0.1, -0.05) is 26.2 Å². The Labute approximate surface area is 127 Å². The van der Waals surface area contributed by atoms with E-state index in [0.29, 0.717) is 13.2 Å². The highest BCUT2D eigenvalue weighted by Crippen LogP contribution is 2.17. The lowest BCUT2D eigenvalue weighted by atomic mass is 9.98. The number of alkyl halides is 2. The first-order valence-electron chi connectivity index (χ1n) is 6.96. The molecule has 0 aromatic heterocycles. The Bertz CT molecular complexity index is 199. The fourth-order valence-electron chi connectivity index (χ4n) is 1.58. The van der Waals surface area contributed by atoms with Gasteiger partial charge >= 0.3 is 5.97 Å². The van der Waals surface area contributed by atoms with Crippen LogP contribution in [0.4, 0.5) is 0 Å². The van der Waals surface area contributed by atoms with Gasteiger partial charge in [0, 0.05) is 13.5 Å². The van der Waals surface area contributed by atoms with Gasteiger partial charge in [0.1, 0.15) is 4.84 Å². The second-order valence-corrected chi connectivity index (χ2v) is 5.85. The number of ether oxygens (including phenoxy) is 1. The highest BCUT2D eigenvalue weighted by Gasteiger charge is 2.03. The molecule has 0 aliphatic carbocycles. The van der Waals surface area contributed by atoms with E-state index < -0.39 is 0 Å². The van der Waals surface area contributed by atoms with E-state index in [-0.39, 0.29) is 10.8 Å². The van der Waals surface area contributed by atoms with E-state index in [9.17, 15) is 4.79 Å². The summed E-state index contributed by atoms with van der Waals surface area (Å²) in [5.41, 5.74) is 0. The van der Waals surface area contributed by atoms with Crippen LogP contribution in [0.3, 0.4) is 0 Å². The maximum Gasteiger partial charge on any atom is 0.302 e. The zero-order valence-electron chi connectivity index (χ0n) is 12.3. The predicted octanol–water partition coefficient (Wildman–Crippen LogP) is 4.33. The van der Waals surface area contributed by atoms with Crippen LogP contribution in [0.5, 0.6) is 0 Å². The molecule has 0 radical (unpaired) electrons. The van der Waals surface area contributed by atoms with Crippen molar-refractivity contribution in [3.63, 3.8) is 0 Å². The Morgan fingerprint density at radius 1 is 1.16 bits per heavy atom. The monoisotopic (exact) mass is 314 g/mol. The molecule has 0 aromatic carbocycles. The van der Waals surface area contributed by atoms with Crippen LogP contribution >= 0.6 is 23.2 Å². The van der Waals surface area contributed by atoms with Crippen molar-refractivity contribution in [3.8, 4) is 0 Å². The molecule has 0 fully saturated rings. The van der Waals surface area contributed by atoms with E-state index in [4.69, 9.17) is 28.3 Å². The maximum absolute atomic E-state index is 9.82. The molecule has 0 saturated carbocycles. The molecule has 0 aromatic rings. The molecule has 0 aliphatic rings. The Hall–Kier alpha value is 0.01000. The number of hydrogen-bond acceptors (Lipinski definition) is 3. The molecule has 1 unspecified atom stereocenters. The van der Waals surface area contributed by atoms with Gasteiger partial charge in [-0.3, -0.25) is 4.79 Å². The molecule has 0 spiro atoms. The third-order valence-electron chi connectivity index (χ3n) is 2.57. The topological polar surface area (TPSA) is 46.5 Å². The van der Waals surface area contributed by atoms with Crippen molar-refractivity contribution >= 4 is 29.2 Å². The second-order valence-electron chi connectivity index (χ2n) is 4.57. The Kier molecular flexibility index (Phi) is 18.0. The molecule has 0 saturated heterocycles. The predicted molar refractivity (Wildman–Crippen MR) is 81.8 cm³/mol. The summed E-state index contributed by atoms with van der Waals surface area (Å²) < 4.78 is 4.40. The largest absolute Gasteiger partial charge is 0.466 e. The number of unbranched alkanes of at least 4 members (excludes halogenated alkanes) is 1. The fourth-order valence-corrected chi connectivity index (χ4v) is 1.89. The molecule has 0 amide bonds. The van der Waals surface area contributed by atoms with Crippen LogP contribution in [-0.4, -0.2) is 29.1 Å². The third-order valence-corrected chi connectivity index (χ3v) is 3.01. The van der Waals surface area contributed by atoms with Gasteiger partial charge in [0.05, 0.1) is 6.61 Å². The summed E-state index contributed by atoms with van der Waals surface area (Å²) in [6.45, 7) is 6.20. The SMILES string of the molecule is CC(CCCO)CCCCC(Cl)Cl.CCOC(C)=O. The van der Waals surface area contributed by atoms with E-state index in [1.54, 1.807) is 6.92 Å². The summed E-state index contributed by atoms with van der Waals surface area (Å²) in [5, 5.41) is 8.62. The summed E-state index contributed by atoms with van der Waals surface area (Å²) >= 11 is 11.2. The number of esters is 1. The molecule has 3 nitrogen and oxygen atoms in total. The number of hydrogen-bond donors (Lipinski definition) is 1. The quantitative estimate of drug-likeness (QED) is 0.391. The number of halogens is 2. The molecular weight excluding hydrogens is 287 g/mol. The van der Waals surface area contributed by atoms with E-state index >= 15 is 0 Å². The number of aliphatic hydroxyl groups excluding tert-OH is 1. The van der Waals surface area contributed by atoms with Gasteiger partial charge < -0.3 is 9.84 Å². The van der Waals surface area contributed by atoms with Crippen molar-refractivity contribution in [2.75, 3.05) is 13.2 Å². The van der Waals surface area contributed by atoms with Crippen LogP contribution in [0.2, 0.25) is 0 Å². The van der Waals surface area contributed by atoms with Crippen LogP contribution < -0.4 is 0 Å². The van der Waals surface area contributed by atoms with Gasteiger partial charge in [-0.25, -0.2) is 0 Å². The van der Waals surface area contributed by atoms with Gasteiger partial charge in [0.15, 0.2) is 0 Å². The van der Waals surface area contributed by atoms with Crippen molar-refractivity contribution in [2.45, 2.75) is 64.1 Å². The smallest absolute Gasteiger partial charge is 0.302 e. The number of rotatable bonds is 9. The molecule has 0 heterocycles. The van der Waals surface area contributed by atoms with Gasteiger partial charge in [-0.2, -0.15) is 0 Å².